The number of aromatic nitrogens is 1. The standard InChI is InChI=1S/C25H19N/c1-26-23-15-9-8-14-21(23)25-22(19-12-6-3-7-13-19)16-20(17-24(25)26)18-10-4-2-5-11-18/h2-17H,1H3. The summed E-state index contributed by atoms with van der Waals surface area (Å²) in [6.07, 6.45) is 0. The van der Waals surface area contributed by atoms with Gasteiger partial charge in [-0.2, -0.15) is 0 Å². The maximum Gasteiger partial charge on any atom is 0.0501 e. The van der Waals surface area contributed by atoms with E-state index in [4.69, 9.17) is 0 Å². The van der Waals surface area contributed by atoms with Crippen LogP contribution in [0.15, 0.2) is 97.1 Å². The summed E-state index contributed by atoms with van der Waals surface area (Å²) in [5.41, 5.74) is 7.58. The predicted molar refractivity (Wildman–Crippen MR) is 111 cm³/mol. The molecule has 1 heterocycles. The van der Waals surface area contributed by atoms with Gasteiger partial charge < -0.3 is 4.57 Å². The summed E-state index contributed by atoms with van der Waals surface area (Å²) >= 11 is 0. The van der Waals surface area contributed by atoms with Gasteiger partial charge in [0.05, 0.1) is 5.52 Å². The van der Waals surface area contributed by atoms with Crippen LogP contribution in [-0.4, -0.2) is 4.57 Å². The summed E-state index contributed by atoms with van der Waals surface area (Å²) < 4.78 is 2.31. The first kappa shape index (κ1) is 15.0. The Bertz CT molecular complexity index is 1210. The Labute approximate surface area is 153 Å². The average molecular weight is 333 g/mol. The van der Waals surface area contributed by atoms with Gasteiger partial charge in [0, 0.05) is 23.3 Å². The number of fused-ring (bicyclic) bond motifs is 3. The van der Waals surface area contributed by atoms with Gasteiger partial charge in [0.25, 0.3) is 0 Å². The highest BCUT2D eigenvalue weighted by molar-refractivity contribution is 6.16. The quantitative estimate of drug-likeness (QED) is 0.340. The lowest BCUT2D eigenvalue weighted by Gasteiger charge is -2.10. The second kappa shape index (κ2) is 5.89. The maximum absolute atomic E-state index is 2.33. The molecule has 0 aliphatic heterocycles. The fourth-order valence-electron chi connectivity index (χ4n) is 3.92. The van der Waals surface area contributed by atoms with E-state index in [1.165, 1.54) is 44.1 Å². The van der Waals surface area contributed by atoms with E-state index in [0.717, 1.165) is 0 Å². The van der Waals surface area contributed by atoms with Crippen molar-refractivity contribution in [2.75, 3.05) is 0 Å². The van der Waals surface area contributed by atoms with Crippen molar-refractivity contribution in [1.82, 2.24) is 4.57 Å². The SMILES string of the molecule is Cn1c2ccccc2c2c(-c3ccccc3)cc(-c3ccccc3)cc21. The minimum atomic E-state index is 1.25. The molecule has 0 aliphatic carbocycles. The second-order valence-electron chi connectivity index (χ2n) is 6.73. The van der Waals surface area contributed by atoms with Crippen molar-refractivity contribution < 1.29 is 0 Å². The molecule has 0 aliphatic rings. The van der Waals surface area contributed by atoms with E-state index < -0.39 is 0 Å². The van der Waals surface area contributed by atoms with Gasteiger partial charge in [0.15, 0.2) is 0 Å². The Kier molecular flexibility index (Phi) is 3.39. The highest BCUT2D eigenvalue weighted by atomic mass is 14.9. The van der Waals surface area contributed by atoms with Crippen LogP contribution in [0.1, 0.15) is 0 Å². The van der Waals surface area contributed by atoms with E-state index >= 15 is 0 Å². The minimum absolute atomic E-state index is 1.25. The van der Waals surface area contributed by atoms with Gasteiger partial charge in [-0.05, 0) is 40.5 Å². The molecule has 0 amide bonds. The molecule has 5 rings (SSSR count). The smallest absolute Gasteiger partial charge is 0.0501 e. The van der Waals surface area contributed by atoms with Crippen LogP contribution in [0.5, 0.6) is 0 Å². The monoisotopic (exact) mass is 333 g/mol. The fourth-order valence-corrected chi connectivity index (χ4v) is 3.92. The highest BCUT2D eigenvalue weighted by Gasteiger charge is 2.15. The number of nitrogens with zero attached hydrogens (tertiary/aromatic N) is 1. The number of rotatable bonds is 2. The molecule has 0 spiro atoms. The minimum Gasteiger partial charge on any atom is -0.344 e. The lowest BCUT2D eigenvalue weighted by atomic mass is 9.94. The van der Waals surface area contributed by atoms with Crippen LogP contribution in [0.3, 0.4) is 0 Å². The lowest BCUT2D eigenvalue weighted by Crippen LogP contribution is -1.89. The van der Waals surface area contributed by atoms with Crippen LogP contribution in [0.25, 0.3) is 44.1 Å². The van der Waals surface area contributed by atoms with Crippen molar-refractivity contribution >= 4 is 21.8 Å². The largest absolute Gasteiger partial charge is 0.344 e. The topological polar surface area (TPSA) is 4.93 Å². The van der Waals surface area contributed by atoms with Gasteiger partial charge in [0.2, 0.25) is 0 Å². The molecule has 0 unspecified atom stereocenters. The first-order valence-electron chi connectivity index (χ1n) is 8.95. The third-order valence-corrected chi connectivity index (χ3v) is 5.21. The average Bonchev–Trinajstić information content (AvgIpc) is 3.01. The Hall–Kier alpha value is -3.32. The van der Waals surface area contributed by atoms with Crippen LogP contribution in [0.2, 0.25) is 0 Å². The van der Waals surface area contributed by atoms with E-state index in [9.17, 15) is 0 Å². The molecule has 0 fully saturated rings. The molecule has 1 aromatic heterocycles. The molecule has 0 saturated carbocycles. The van der Waals surface area contributed by atoms with Crippen LogP contribution in [0, 0.1) is 0 Å². The van der Waals surface area contributed by atoms with E-state index in [-0.39, 0.29) is 0 Å². The summed E-state index contributed by atoms with van der Waals surface area (Å²) in [5, 5.41) is 2.64. The molecule has 5 aromatic rings. The number of hydrogen-bond acceptors (Lipinski definition) is 0. The molecule has 124 valence electrons. The van der Waals surface area contributed by atoms with Crippen molar-refractivity contribution in [2.24, 2.45) is 7.05 Å². The molecule has 1 heteroatoms. The number of para-hydroxylation sites is 1. The zero-order valence-corrected chi connectivity index (χ0v) is 14.7. The van der Waals surface area contributed by atoms with E-state index in [2.05, 4.69) is 109 Å². The molecule has 0 bridgehead atoms. The Balaban J connectivity index is 1.94. The summed E-state index contributed by atoms with van der Waals surface area (Å²) in [4.78, 5) is 0. The predicted octanol–water partition coefficient (Wildman–Crippen LogP) is 6.67. The van der Waals surface area contributed by atoms with Crippen molar-refractivity contribution in [2.45, 2.75) is 0 Å². The molecule has 26 heavy (non-hydrogen) atoms. The summed E-state index contributed by atoms with van der Waals surface area (Å²) in [5.74, 6) is 0. The van der Waals surface area contributed by atoms with Gasteiger partial charge >= 0.3 is 0 Å². The summed E-state index contributed by atoms with van der Waals surface area (Å²) in [6, 6.07) is 34.6. The molecule has 0 N–H and O–H groups in total. The molecule has 4 aromatic carbocycles. The van der Waals surface area contributed by atoms with Gasteiger partial charge in [-0.3, -0.25) is 0 Å². The Morgan fingerprint density at radius 2 is 1.15 bits per heavy atom. The third kappa shape index (κ3) is 2.25. The lowest BCUT2D eigenvalue weighted by molar-refractivity contribution is 1.01. The zero-order valence-electron chi connectivity index (χ0n) is 14.7. The van der Waals surface area contributed by atoms with Crippen LogP contribution in [-0.2, 0) is 7.05 Å². The number of hydrogen-bond donors (Lipinski definition) is 0. The van der Waals surface area contributed by atoms with Gasteiger partial charge in [-0.1, -0.05) is 78.9 Å². The van der Waals surface area contributed by atoms with E-state index in [0.29, 0.717) is 0 Å². The molecule has 0 atom stereocenters. The van der Waals surface area contributed by atoms with Gasteiger partial charge in [-0.15, -0.1) is 0 Å². The highest BCUT2D eigenvalue weighted by Crippen LogP contribution is 2.39. The Morgan fingerprint density at radius 3 is 1.88 bits per heavy atom. The first-order chi connectivity index (χ1) is 12.8. The van der Waals surface area contributed by atoms with E-state index in [1.807, 2.05) is 0 Å². The Morgan fingerprint density at radius 1 is 0.538 bits per heavy atom. The van der Waals surface area contributed by atoms with E-state index in [1.54, 1.807) is 0 Å². The van der Waals surface area contributed by atoms with Crippen LogP contribution >= 0.6 is 0 Å². The molecule has 1 nitrogen and oxygen atoms in total. The van der Waals surface area contributed by atoms with Crippen LogP contribution < -0.4 is 0 Å². The number of benzene rings is 4. The maximum atomic E-state index is 2.33. The number of aryl methyl sites for hydroxylation is 1. The normalized spacial score (nSPS) is 11.3. The van der Waals surface area contributed by atoms with Crippen molar-refractivity contribution in [3.63, 3.8) is 0 Å². The second-order valence-corrected chi connectivity index (χ2v) is 6.73. The zero-order chi connectivity index (χ0) is 17.5. The fraction of sp³-hybridized carbons (Fsp3) is 0.0400. The molecule has 0 saturated heterocycles. The first-order valence-corrected chi connectivity index (χ1v) is 8.95. The van der Waals surface area contributed by atoms with Gasteiger partial charge in [0.1, 0.15) is 0 Å². The molecule has 0 radical (unpaired) electrons. The van der Waals surface area contributed by atoms with Crippen LogP contribution in [0.4, 0.5) is 0 Å². The van der Waals surface area contributed by atoms with Crippen molar-refractivity contribution in [3.8, 4) is 22.3 Å². The van der Waals surface area contributed by atoms with Gasteiger partial charge in [-0.25, -0.2) is 0 Å². The molecular formula is C25H19N. The van der Waals surface area contributed by atoms with Crippen molar-refractivity contribution in [3.05, 3.63) is 97.1 Å². The molecular weight excluding hydrogens is 314 g/mol. The van der Waals surface area contributed by atoms with Crippen molar-refractivity contribution in [1.29, 1.82) is 0 Å². The third-order valence-electron chi connectivity index (χ3n) is 5.21. The summed E-state index contributed by atoms with van der Waals surface area (Å²) in [7, 11) is 2.16. The summed E-state index contributed by atoms with van der Waals surface area (Å²) in [6.45, 7) is 0.